The zero-order valence-corrected chi connectivity index (χ0v) is 30.1. The molecule has 0 radical (unpaired) electrons. The number of benzene rings is 2. The molecular weight excluding hydrogens is 717 g/mol. The number of nitrogens with zero attached hydrogens (tertiary/aromatic N) is 9. The highest BCUT2D eigenvalue weighted by molar-refractivity contribution is 6.09. The summed E-state index contributed by atoms with van der Waals surface area (Å²) in [6, 6.07) is 10.8. The number of imidazole rings is 1. The molecule has 55 heavy (non-hydrogen) atoms. The van der Waals surface area contributed by atoms with Gasteiger partial charge in [-0.1, -0.05) is 12.2 Å². The van der Waals surface area contributed by atoms with Gasteiger partial charge in [-0.05, 0) is 75.7 Å². The third-order valence-corrected chi connectivity index (χ3v) is 9.20. The number of amides is 3. The molecule has 2 aromatic carbocycles. The molecule has 0 fully saturated rings. The second-order valence-electron chi connectivity index (χ2n) is 12.8. The first kappa shape index (κ1) is 36.5. The predicted molar refractivity (Wildman–Crippen MR) is 198 cm³/mol. The van der Waals surface area contributed by atoms with E-state index in [1.807, 2.05) is 30.6 Å². The van der Waals surface area contributed by atoms with Crippen LogP contribution in [0.15, 0.2) is 60.8 Å². The van der Waals surface area contributed by atoms with E-state index in [4.69, 9.17) is 16.5 Å². The first-order chi connectivity index (χ1) is 26.2. The van der Waals surface area contributed by atoms with Crippen LogP contribution in [0.25, 0.3) is 44.5 Å². The van der Waals surface area contributed by atoms with E-state index in [2.05, 4.69) is 25.5 Å². The summed E-state index contributed by atoms with van der Waals surface area (Å²) in [6.45, 7) is 8.25. The summed E-state index contributed by atoms with van der Waals surface area (Å²) in [7, 11) is 0. The number of aryl methyl sites for hydroxylation is 4. The highest BCUT2D eigenvalue weighted by Gasteiger charge is 2.35. The van der Waals surface area contributed by atoms with Crippen LogP contribution < -0.4 is 16.8 Å². The van der Waals surface area contributed by atoms with Crippen LogP contribution in [0.4, 0.5) is 19.1 Å². The highest BCUT2D eigenvalue weighted by atomic mass is 19.4. The number of fused-ring (bicyclic) bond motifs is 4. The lowest BCUT2D eigenvalue weighted by Crippen LogP contribution is -2.20. The Hall–Kier alpha value is -6.85. The number of primary amides is 2. The van der Waals surface area contributed by atoms with Crippen molar-refractivity contribution in [1.82, 2.24) is 43.6 Å². The monoisotopic (exact) mass is 752 g/mol. The fourth-order valence-corrected chi connectivity index (χ4v) is 6.70. The van der Waals surface area contributed by atoms with Crippen molar-refractivity contribution >= 4 is 56.6 Å². The molecular formula is C37H35F3N12O3. The van der Waals surface area contributed by atoms with E-state index >= 15 is 0 Å². The van der Waals surface area contributed by atoms with Crippen LogP contribution in [0.2, 0.25) is 0 Å². The Bertz CT molecular complexity index is 2720. The van der Waals surface area contributed by atoms with Gasteiger partial charge in [-0.25, -0.2) is 15.0 Å². The molecule has 0 saturated heterocycles. The van der Waals surface area contributed by atoms with Crippen LogP contribution >= 0.6 is 0 Å². The number of anilines is 1. The molecule has 0 aliphatic rings. The molecule has 15 nitrogen and oxygen atoms in total. The molecule has 0 spiro atoms. The van der Waals surface area contributed by atoms with E-state index in [1.54, 1.807) is 59.5 Å². The van der Waals surface area contributed by atoms with Crippen molar-refractivity contribution in [3.05, 3.63) is 94.6 Å². The molecule has 0 aliphatic carbocycles. The van der Waals surface area contributed by atoms with Gasteiger partial charge in [-0.2, -0.15) is 23.4 Å². The summed E-state index contributed by atoms with van der Waals surface area (Å²) in [6.07, 6.45) is 0.568. The van der Waals surface area contributed by atoms with Gasteiger partial charge in [-0.3, -0.25) is 29.1 Å². The number of carbonyl (C=O) groups is 3. The van der Waals surface area contributed by atoms with E-state index in [1.165, 1.54) is 10.9 Å². The lowest BCUT2D eigenvalue weighted by atomic mass is 10.1. The summed E-state index contributed by atoms with van der Waals surface area (Å²) in [5.41, 5.74) is 14.7. The number of allylic oxidation sites excluding steroid dienone is 2. The molecule has 0 unspecified atom stereocenters. The zero-order valence-electron chi connectivity index (χ0n) is 30.1. The lowest BCUT2D eigenvalue weighted by molar-refractivity contribution is -0.141. The summed E-state index contributed by atoms with van der Waals surface area (Å²) < 4.78 is 47.3. The molecule has 7 rings (SSSR count). The van der Waals surface area contributed by atoms with E-state index in [9.17, 15) is 27.6 Å². The van der Waals surface area contributed by atoms with Gasteiger partial charge in [0.2, 0.25) is 17.8 Å². The van der Waals surface area contributed by atoms with Crippen LogP contribution in [0.5, 0.6) is 0 Å². The van der Waals surface area contributed by atoms with Crippen molar-refractivity contribution in [3.8, 4) is 11.5 Å². The Kier molecular flexibility index (Phi) is 9.19. The van der Waals surface area contributed by atoms with Crippen LogP contribution in [-0.4, -0.2) is 61.4 Å². The van der Waals surface area contributed by atoms with E-state index in [0.717, 1.165) is 6.07 Å². The maximum Gasteiger partial charge on any atom is 0.435 e. The summed E-state index contributed by atoms with van der Waals surface area (Å²) in [5.74, 6) is -1.40. The molecule has 5 N–H and O–H groups in total. The lowest BCUT2D eigenvalue weighted by Gasteiger charge is -2.10. The maximum absolute atomic E-state index is 13.6. The fourth-order valence-electron chi connectivity index (χ4n) is 6.70. The largest absolute Gasteiger partial charge is 0.435 e. The third-order valence-electron chi connectivity index (χ3n) is 9.20. The molecule has 5 heterocycles. The molecule has 0 atom stereocenters. The molecule has 5 aromatic heterocycles. The first-order valence-corrected chi connectivity index (χ1v) is 17.2. The Labute approximate surface area is 310 Å². The van der Waals surface area contributed by atoms with Gasteiger partial charge >= 0.3 is 6.18 Å². The average molecular weight is 753 g/mol. The van der Waals surface area contributed by atoms with Crippen LogP contribution in [-0.2, 0) is 32.4 Å². The number of nitrogens with two attached hydrogens (primary N) is 2. The Morgan fingerprint density at radius 1 is 0.836 bits per heavy atom. The van der Waals surface area contributed by atoms with Crippen LogP contribution in [0, 0.1) is 13.8 Å². The number of hydrogen-bond acceptors (Lipinski definition) is 8. The third kappa shape index (κ3) is 6.66. The van der Waals surface area contributed by atoms with Gasteiger partial charge in [0.25, 0.3) is 5.91 Å². The summed E-state index contributed by atoms with van der Waals surface area (Å²) in [4.78, 5) is 51.5. The van der Waals surface area contributed by atoms with Crippen LogP contribution in [0.1, 0.15) is 62.0 Å². The molecule has 7 aromatic rings. The molecule has 282 valence electrons. The maximum atomic E-state index is 13.6. The number of halogens is 3. The SMILES string of the molecule is CCn1nc(C)cc1C(=O)Nc1nc2cc(C(N)=O)cc(C)c2n1C/C=C/Cn1c2ccc(C(N)=O)cc2c2cnc(-c3cc(C(F)(F)F)nn3CC)nc21. The number of carbonyl (C=O) groups excluding carboxylic acids is 3. The van der Waals surface area contributed by atoms with E-state index in [0.29, 0.717) is 56.5 Å². The van der Waals surface area contributed by atoms with Crippen molar-refractivity contribution in [2.24, 2.45) is 11.5 Å². The first-order valence-electron chi connectivity index (χ1n) is 17.2. The van der Waals surface area contributed by atoms with Gasteiger partial charge in [0.15, 0.2) is 11.5 Å². The number of rotatable bonds is 11. The molecule has 0 aliphatic heterocycles. The minimum absolute atomic E-state index is 0.0381. The van der Waals surface area contributed by atoms with E-state index < -0.39 is 29.6 Å². The minimum Gasteiger partial charge on any atom is -0.366 e. The summed E-state index contributed by atoms with van der Waals surface area (Å²) >= 11 is 0. The number of nitrogens with one attached hydrogen (secondary N) is 1. The van der Waals surface area contributed by atoms with Crippen molar-refractivity contribution in [1.29, 1.82) is 0 Å². The van der Waals surface area contributed by atoms with Crippen molar-refractivity contribution in [3.63, 3.8) is 0 Å². The average Bonchev–Trinajstić information content (AvgIpc) is 3.91. The van der Waals surface area contributed by atoms with Crippen molar-refractivity contribution in [2.75, 3.05) is 5.32 Å². The zero-order chi connectivity index (χ0) is 39.3. The van der Waals surface area contributed by atoms with Crippen molar-refractivity contribution in [2.45, 2.75) is 60.1 Å². The van der Waals surface area contributed by atoms with Gasteiger partial charge in [0, 0.05) is 54.3 Å². The van der Waals surface area contributed by atoms with Gasteiger partial charge < -0.3 is 20.6 Å². The second kappa shape index (κ2) is 13.9. The second-order valence-corrected chi connectivity index (χ2v) is 12.8. The topological polar surface area (TPSA) is 199 Å². The Morgan fingerprint density at radius 3 is 2.22 bits per heavy atom. The summed E-state index contributed by atoms with van der Waals surface area (Å²) in [5, 5.41) is 12.2. The fraction of sp³-hybridized carbons (Fsp3) is 0.243. The number of aromatic nitrogens is 9. The highest BCUT2D eigenvalue weighted by Crippen LogP contribution is 2.33. The molecule has 18 heteroatoms. The molecule has 0 saturated carbocycles. The van der Waals surface area contributed by atoms with Crippen LogP contribution in [0.3, 0.4) is 0 Å². The molecule has 3 amide bonds. The molecule has 0 bridgehead atoms. The Balaban J connectivity index is 1.29. The minimum atomic E-state index is -4.66. The van der Waals surface area contributed by atoms with E-state index in [-0.39, 0.29) is 48.2 Å². The predicted octanol–water partition coefficient (Wildman–Crippen LogP) is 5.38. The number of hydrogen-bond donors (Lipinski definition) is 3. The standard InChI is InChI=1S/C37H35F3N12O3/c1-5-51-27(17-29(48-51)37(38,39)40)33-43-18-24-23-15-21(31(41)53)9-10-26(23)49(34(24)45-33)11-7-8-12-50-30-19(3)13-22(32(42)54)16-25(30)44-36(50)46-35(55)28-14-20(4)47-52(28)6-2/h7-10,13-18H,5-6,11-12H2,1-4H3,(H2,41,53)(H2,42,54)(H,44,46,55)/b8-7+. The normalized spacial score (nSPS) is 12.1. The Morgan fingerprint density at radius 2 is 1.55 bits per heavy atom. The van der Waals surface area contributed by atoms with Gasteiger partial charge in [-0.15, -0.1) is 0 Å². The van der Waals surface area contributed by atoms with Gasteiger partial charge in [0.05, 0.1) is 22.2 Å². The number of alkyl halides is 3. The smallest absolute Gasteiger partial charge is 0.366 e. The van der Waals surface area contributed by atoms with Crippen molar-refractivity contribution < 1.29 is 27.6 Å². The van der Waals surface area contributed by atoms with Gasteiger partial charge in [0.1, 0.15) is 17.0 Å². The quantitative estimate of drug-likeness (QED) is 0.146.